The summed E-state index contributed by atoms with van der Waals surface area (Å²) in [5, 5.41) is 14.1. The molecule has 33 heavy (non-hydrogen) atoms. The molecule has 10 heteroatoms. The van der Waals surface area contributed by atoms with Gasteiger partial charge in [-0.2, -0.15) is 5.10 Å². The number of aryl methyl sites for hydroxylation is 2. The highest BCUT2D eigenvalue weighted by molar-refractivity contribution is 7.19. The highest BCUT2D eigenvalue weighted by atomic mass is 32.1. The number of amides is 2. The molecule has 0 saturated carbocycles. The van der Waals surface area contributed by atoms with E-state index in [0.717, 1.165) is 69.5 Å². The predicted octanol–water partition coefficient (Wildman–Crippen LogP) is 4.04. The van der Waals surface area contributed by atoms with E-state index < -0.39 is 0 Å². The van der Waals surface area contributed by atoms with Gasteiger partial charge in [-0.3, -0.25) is 10.3 Å². The summed E-state index contributed by atoms with van der Waals surface area (Å²) in [6.45, 7) is 1.98. The number of carbonyl (C=O) groups excluding carboxylic acids is 1. The number of urea groups is 1. The zero-order chi connectivity index (χ0) is 22.9. The van der Waals surface area contributed by atoms with E-state index in [9.17, 15) is 4.79 Å². The molecule has 4 aromatic heterocycles. The van der Waals surface area contributed by atoms with E-state index in [0.29, 0.717) is 5.13 Å². The average molecular weight is 461 g/mol. The third kappa shape index (κ3) is 3.82. The molecule has 0 unspecified atom stereocenters. The Morgan fingerprint density at radius 2 is 2.03 bits per heavy atom. The lowest BCUT2D eigenvalue weighted by Crippen LogP contribution is -2.24. The maximum absolute atomic E-state index is 11.9. The van der Waals surface area contributed by atoms with Crippen molar-refractivity contribution in [3.63, 3.8) is 0 Å². The standard InChI is InChI=1S/C23H24N8OS/c1-13-17(8-5-11-26-13)31-20-15(19(30-31)14-9-10-18(24-2)27-12-14)6-4-7-16-21(20)33-23(28-16)29-22(32)25-3/h5,8-12H,4,6-7H2,1-3H3,(H,24,27)(H2,25,28,29,32). The maximum atomic E-state index is 11.9. The van der Waals surface area contributed by atoms with Crippen molar-refractivity contribution in [2.75, 3.05) is 24.7 Å². The van der Waals surface area contributed by atoms with Crippen molar-refractivity contribution in [2.24, 2.45) is 0 Å². The number of nitrogens with one attached hydrogen (secondary N) is 3. The second kappa shape index (κ2) is 8.62. The molecule has 0 atom stereocenters. The second-order valence-corrected chi connectivity index (χ2v) is 8.73. The van der Waals surface area contributed by atoms with Crippen LogP contribution in [0.15, 0.2) is 36.7 Å². The van der Waals surface area contributed by atoms with E-state index in [1.165, 1.54) is 11.3 Å². The van der Waals surface area contributed by atoms with Crippen LogP contribution in [0.4, 0.5) is 15.7 Å². The molecule has 3 N–H and O–H groups in total. The Labute approximate surface area is 195 Å². The molecule has 1 aliphatic rings. The maximum Gasteiger partial charge on any atom is 0.320 e. The van der Waals surface area contributed by atoms with Crippen LogP contribution < -0.4 is 16.0 Å². The summed E-state index contributed by atoms with van der Waals surface area (Å²) in [7, 11) is 3.44. The third-order valence-electron chi connectivity index (χ3n) is 5.68. The summed E-state index contributed by atoms with van der Waals surface area (Å²) < 4.78 is 1.98. The minimum absolute atomic E-state index is 0.285. The second-order valence-electron chi connectivity index (χ2n) is 7.73. The first-order chi connectivity index (χ1) is 16.1. The van der Waals surface area contributed by atoms with Gasteiger partial charge in [-0.05, 0) is 50.5 Å². The van der Waals surface area contributed by atoms with Crippen molar-refractivity contribution in [3.05, 3.63) is 53.6 Å². The van der Waals surface area contributed by atoms with Gasteiger partial charge >= 0.3 is 6.03 Å². The van der Waals surface area contributed by atoms with Gasteiger partial charge < -0.3 is 10.6 Å². The van der Waals surface area contributed by atoms with Crippen LogP contribution in [0.5, 0.6) is 0 Å². The summed E-state index contributed by atoms with van der Waals surface area (Å²) in [6, 6.07) is 7.65. The van der Waals surface area contributed by atoms with Gasteiger partial charge in [-0.1, -0.05) is 11.3 Å². The Morgan fingerprint density at radius 3 is 2.76 bits per heavy atom. The van der Waals surface area contributed by atoms with E-state index in [1.807, 2.05) is 49.1 Å². The zero-order valence-electron chi connectivity index (χ0n) is 18.6. The van der Waals surface area contributed by atoms with Gasteiger partial charge in [0.15, 0.2) is 5.13 Å². The third-order valence-corrected chi connectivity index (χ3v) is 6.70. The number of hydrogen-bond acceptors (Lipinski definition) is 7. The number of nitrogens with zero attached hydrogens (tertiary/aromatic N) is 5. The van der Waals surface area contributed by atoms with E-state index in [1.54, 1.807) is 13.2 Å². The summed E-state index contributed by atoms with van der Waals surface area (Å²) in [6.07, 6.45) is 6.28. The van der Waals surface area contributed by atoms with Crippen molar-refractivity contribution in [1.29, 1.82) is 0 Å². The van der Waals surface area contributed by atoms with Crippen LogP contribution in [0.3, 0.4) is 0 Å². The highest BCUT2D eigenvalue weighted by Gasteiger charge is 2.29. The van der Waals surface area contributed by atoms with E-state index in [-0.39, 0.29) is 6.03 Å². The molecule has 0 aromatic carbocycles. The fourth-order valence-electron chi connectivity index (χ4n) is 4.06. The molecule has 0 bridgehead atoms. The van der Waals surface area contributed by atoms with Gasteiger partial charge in [-0.25, -0.2) is 19.4 Å². The first kappa shape index (κ1) is 21.1. The molecule has 0 fully saturated rings. The Balaban J connectivity index is 1.73. The Bertz CT molecular complexity index is 1320. The number of pyridine rings is 2. The van der Waals surface area contributed by atoms with Crippen LogP contribution in [0.25, 0.3) is 27.5 Å². The van der Waals surface area contributed by atoms with Crippen molar-refractivity contribution in [3.8, 4) is 27.5 Å². The monoisotopic (exact) mass is 460 g/mol. The average Bonchev–Trinajstić information content (AvgIpc) is 3.35. The van der Waals surface area contributed by atoms with Crippen molar-refractivity contribution in [2.45, 2.75) is 26.2 Å². The molecule has 0 radical (unpaired) electrons. The molecule has 5 rings (SSSR count). The number of rotatable bonds is 4. The molecule has 4 aromatic rings. The van der Waals surface area contributed by atoms with Crippen LogP contribution >= 0.6 is 11.3 Å². The van der Waals surface area contributed by atoms with E-state index >= 15 is 0 Å². The number of carbonyl (C=O) groups is 1. The van der Waals surface area contributed by atoms with Gasteiger partial charge in [0.2, 0.25) is 0 Å². The van der Waals surface area contributed by atoms with Crippen LogP contribution in [0, 0.1) is 6.92 Å². The number of aromatic nitrogens is 5. The highest BCUT2D eigenvalue weighted by Crippen LogP contribution is 2.43. The van der Waals surface area contributed by atoms with Crippen molar-refractivity contribution in [1.82, 2.24) is 30.0 Å². The number of fused-ring (bicyclic) bond motifs is 3. The largest absolute Gasteiger partial charge is 0.373 e. The fraction of sp³-hybridized carbons (Fsp3) is 0.261. The summed E-state index contributed by atoms with van der Waals surface area (Å²) >= 11 is 1.47. The summed E-state index contributed by atoms with van der Waals surface area (Å²) in [4.78, 5) is 26.6. The number of anilines is 2. The minimum atomic E-state index is -0.285. The quantitative estimate of drug-likeness (QED) is 0.424. The van der Waals surface area contributed by atoms with Gasteiger partial charge in [-0.15, -0.1) is 0 Å². The minimum Gasteiger partial charge on any atom is -0.373 e. The lowest BCUT2D eigenvalue weighted by molar-refractivity contribution is 0.254. The lowest BCUT2D eigenvalue weighted by Gasteiger charge is -2.09. The zero-order valence-corrected chi connectivity index (χ0v) is 19.5. The summed E-state index contributed by atoms with van der Waals surface area (Å²) in [5.41, 5.74) is 6.81. The Morgan fingerprint density at radius 1 is 1.15 bits per heavy atom. The molecule has 0 saturated heterocycles. The molecular formula is C23H24N8OS. The van der Waals surface area contributed by atoms with Gasteiger partial charge in [0.25, 0.3) is 0 Å². The van der Waals surface area contributed by atoms with Gasteiger partial charge in [0.1, 0.15) is 5.82 Å². The van der Waals surface area contributed by atoms with Crippen molar-refractivity contribution < 1.29 is 4.79 Å². The van der Waals surface area contributed by atoms with Gasteiger partial charge in [0.05, 0.1) is 33.3 Å². The topological polar surface area (TPSA) is 110 Å². The Hall–Kier alpha value is -3.79. The lowest BCUT2D eigenvalue weighted by atomic mass is 10.0. The molecular weight excluding hydrogens is 436 g/mol. The smallest absolute Gasteiger partial charge is 0.320 e. The van der Waals surface area contributed by atoms with Crippen LogP contribution in [0.2, 0.25) is 0 Å². The van der Waals surface area contributed by atoms with E-state index in [4.69, 9.17) is 10.1 Å². The van der Waals surface area contributed by atoms with E-state index in [2.05, 4.69) is 25.9 Å². The number of thiazole rings is 1. The van der Waals surface area contributed by atoms with Crippen LogP contribution in [-0.4, -0.2) is 44.9 Å². The molecule has 168 valence electrons. The predicted molar refractivity (Wildman–Crippen MR) is 130 cm³/mol. The molecule has 4 heterocycles. The Kier molecular flexibility index (Phi) is 5.51. The molecule has 2 amide bonds. The van der Waals surface area contributed by atoms with Crippen LogP contribution in [-0.2, 0) is 12.8 Å². The normalized spacial score (nSPS) is 12.5. The first-order valence-electron chi connectivity index (χ1n) is 10.8. The summed E-state index contributed by atoms with van der Waals surface area (Å²) in [5.74, 6) is 0.807. The first-order valence-corrected chi connectivity index (χ1v) is 11.6. The SMILES string of the molecule is CNC(=O)Nc1nc2c(s1)-c1c(c(-c3ccc(NC)nc3)nn1-c1cccnc1C)CCC2. The fourth-order valence-corrected chi connectivity index (χ4v) is 5.12. The van der Waals surface area contributed by atoms with Crippen molar-refractivity contribution >= 4 is 28.3 Å². The molecule has 1 aliphatic carbocycles. The molecule has 0 aliphatic heterocycles. The molecule has 9 nitrogen and oxygen atoms in total. The van der Waals surface area contributed by atoms with Crippen LogP contribution in [0.1, 0.15) is 23.4 Å². The number of hydrogen-bond donors (Lipinski definition) is 3. The molecule has 0 spiro atoms. The van der Waals surface area contributed by atoms with Gasteiger partial charge in [0, 0.05) is 37.6 Å².